The Hall–Kier alpha value is -2.81. The summed E-state index contributed by atoms with van der Waals surface area (Å²) in [5.41, 5.74) is 1.61. The molecule has 0 aliphatic rings. The van der Waals surface area contributed by atoms with Gasteiger partial charge in [-0.3, -0.25) is 9.59 Å². The van der Waals surface area contributed by atoms with Crippen molar-refractivity contribution in [1.82, 2.24) is 0 Å². The highest BCUT2D eigenvalue weighted by Crippen LogP contribution is 2.24. The number of nitrogens with zero attached hydrogens (tertiary/aromatic N) is 1. The topological polar surface area (TPSA) is 82.0 Å². The number of nitrogens with one attached hydrogen (secondary N) is 2. The van der Waals surface area contributed by atoms with E-state index in [1.807, 2.05) is 6.07 Å². The fourth-order valence-corrected chi connectivity index (χ4v) is 2.26. The van der Waals surface area contributed by atoms with Gasteiger partial charge in [-0.25, -0.2) is 0 Å². The number of halogens is 2. The van der Waals surface area contributed by atoms with Crippen LogP contribution < -0.4 is 10.6 Å². The molecule has 2 aromatic rings. The Morgan fingerprint density at radius 3 is 2.12 bits per heavy atom. The molecule has 0 aromatic heterocycles. The molecule has 0 unspecified atom stereocenters. The zero-order valence-electron chi connectivity index (χ0n) is 13.1. The van der Waals surface area contributed by atoms with Gasteiger partial charge in [0.2, 0.25) is 5.91 Å². The minimum atomic E-state index is -0.555. The molecule has 7 heteroatoms. The normalized spacial score (nSPS) is 10.7. The average Bonchev–Trinajstić information content (AvgIpc) is 2.57. The van der Waals surface area contributed by atoms with E-state index in [0.717, 1.165) is 0 Å². The van der Waals surface area contributed by atoms with Gasteiger partial charge in [0.05, 0.1) is 10.0 Å². The van der Waals surface area contributed by atoms with Crippen molar-refractivity contribution in [2.24, 2.45) is 0 Å². The quantitative estimate of drug-likeness (QED) is 0.611. The van der Waals surface area contributed by atoms with Gasteiger partial charge in [-0.05, 0) is 48.0 Å². The molecular formula is C18H13Cl2N3O2. The molecule has 126 valence electrons. The number of hydrogen-bond acceptors (Lipinski definition) is 3. The molecule has 0 spiro atoms. The van der Waals surface area contributed by atoms with Crippen molar-refractivity contribution in [3.8, 4) is 6.07 Å². The molecule has 5 nitrogen and oxygen atoms in total. The lowest BCUT2D eigenvalue weighted by molar-refractivity contribution is -0.114. The molecule has 0 fully saturated rings. The van der Waals surface area contributed by atoms with Crippen LogP contribution in [-0.2, 0) is 9.59 Å². The van der Waals surface area contributed by atoms with E-state index >= 15 is 0 Å². The molecule has 2 aromatic carbocycles. The summed E-state index contributed by atoms with van der Waals surface area (Å²) in [4.78, 5) is 23.2. The van der Waals surface area contributed by atoms with E-state index in [1.165, 1.54) is 13.0 Å². The van der Waals surface area contributed by atoms with E-state index in [1.54, 1.807) is 42.5 Å². The largest absolute Gasteiger partial charge is 0.326 e. The second-order valence-electron chi connectivity index (χ2n) is 5.06. The molecule has 0 saturated heterocycles. The van der Waals surface area contributed by atoms with Crippen molar-refractivity contribution >= 4 is 52.5 Å². The maximum atomic E-state index is 12.2. The first-order valence-corrected chi connectivity index (χ1v) is 7.90. The van der Waals surface area contributed by atoms with E-state index in [0.29, 0.717) is 27.0 Å². The van der Waals surface area contributed by atoms with E-state index in [9.17, 15) is 14.9 Å². The summed E-state index contributed by atoms with van der Waals surface area (Å²) in [6, 6.07) is 13.2. The third kappa shape index (κ3) is 5.35. The Bertz CT molecular complexity index is 884. The van der Waals surface area contributed by atoms with Crippen molar-refractivity contribution in [2.45, 2.75) is 6.92 Å². The van der Waals surface area contributed by atoms with E-state index in [-0.39, 0.29) is 11.5 Å². The molecule has 2 rings (SSSR count). The first kappa shape index (κ1) is 18.5. The second kappa shape index (κ2) is 8.34. The standard InChI is InChI=1S/C18H13Cl2N3O2/c1-11(24)22-14-3-5-15(6-4-14)23-18(25)13(10-21)8-12-2-7-16(19)17(20)9-12/h2-9H,1H3,(H,22,24)(H,23,25)/b13-8+. The second-order valence-corrected chi connectivity index (χ2v) is 5.87. The lowest BCUT2D eigenvalue weighted by atomic mass is 10.1. The first-order chi connectivity index (χ1) is 11.9. The van der Waals surface area contributed by atoms with E-state index < -0.39 is 5.91 Å². The minimum Gasteiger partial charge on any atom is -0.326 e. The van der Waals surface area contributed by atoms with Gasteiger partial charge in [0.15, 0.2) is 0 Å². The Balaban J connectivity index is 2.14. The summed E-state index contributed by atoms with van der Waals surface area (Å²) >= 11 is 11.8. The Labute approximate surface area is 154 Å². The summed E-state index contributed by atoms with van der Waals surface area (Å²) in [7, 11) is 0. The van der Waals surface area contributed by atoms with Gasteiger partial charge in [0.1, 0.15) is 11.6 Å². The summed E-state index contributed by atoms with van der Waals surface area (Å²) in [5, 5.41) is 15.2. The SMILES string of the molecule is CC(=O)Nc1ccc(NC(=O)/C(C#N)=C/c2ccc(Cl)c(Cl)c2)cc1. The van der Waals surface area contributed by atoms with Crippen LogP contribution in [-0.4, -0.2) is 11.8 Å². The molecule has 0 atom stereocenters. The summed E-state index contributed by atoms with van der Waals surface area (Å²) in [5.74, 6) is -0.742. The van der Waals surface area contributed by atoms with Gasteiger partial charge in [0.25, 0.3) is 5.91 Å². The van der Waals surface area contributed by atoms with Crippen LogP contribution in [0.2, 0.25) is 10.0 Å². The van der Waals surface area contributed by atoms with Gasteiger partial charge in [0, 0.05) is 18.3 Å². The number of nitriles is 1. The van der Waals surface area contributed by atoms with Gasteiger partial charge in [-0.1, -0.05) is 29.3 Å². The van der Waals surface area contributed by atoms with Crippen LogP contribution in [0.25, 0.3) is 6.08 Å². The fraction of sp³-hybridized carbons (Fsp3) is 0.0556. The monoisotopic (exact) mass is 373 g/mol. The Morgan fingerprint density at radius 1 is 1.00 bits per heavy atom. The molecule has 2 N–H and O–H groups in total. The van der Waals surface area contributed by atoms with Crippen LogP contribution in [0.5, 0.6) is 0 Å². The number of rotatable bonds is 4. The van der Waals surface area contributed by atoms with E-state index in [2.05, 4.69) is 10.6 Å². The zero-order chi connectivity index (χ0) is 18.4. The Morgan fingerprint density at radius 2 is 1.60 bits per heavy atom. The Kier molecular flexibility index (Phi) is 6.18. The lowest BCUT2D eigenvalue weighted by Crippen LogP contribution is -2.13. The molecular weight excluding hydrogens is 361 g/mol. The molecule has 2 amide bonds. The highest BCUT2D eigenvalue weighted by Gasteiger charge is 2.10. The van der Waals surface area contributed by atoms with E-state index in [4.69, 9.17) is 23.2 Å². The number of carbonyl (C=O) groups is 2. The van der Waals surface area contributed by atoms with Gasteiger partial charge in [-0.2, -0.15) is 5.26 Å². The molecule has 0 radical (unpaired) electrons. The predicted octanol–water partition coefficient (Wildman–Crippen LogP) is 4.50. The van der Waals surface area contributed by atoms with Crippen molar-refractivity contribution in [1.29, 1.82) is 5.26 Å². The van der Waals surface area contributed by atoms with Crippen LogP contribution in [0.1, 0.15) is 12.5 Å². The first-order valence-electron chi connectivity index (χ1n) is 7.15. The summed E-state index contributed by atoms with van der Waals surface area (Å²) in [6.07, 6.45) is 1.42. The zero-order valence-corrected chi connectivity index (χ0v) is 14.7. The lowest BCUT2D eigenvalue weighted by Gasteiger charge is -2.06. The summed E-state index contributed by atoms with van der Waals surface area (Å²) in [6.45, 7) is 1.41. The fourth-order valence-electron chi connectivity index (χ4n) is 1.96. The van der Waals surface area contributed by atoms with Crippen LogP contribution in [0, 0.1) is 11.3 Å². The molecule has 0 aliphatic carbocycles. The summed E-state index contributed by atoms with van der Waals surface area (Å²) < 4.78 is 0. The van der Waals surface area contributed by atoms with Crippen molar-refractivity contribution < 1.29 is 9.59 Å². The molecule has 25 heavy (non-hydrogen) atoms. The smallest absolute Gasteiger partial charge is 0.266 e. The van der Waals surface area contributed by atoms with Crippen molar-refractivity contribution in [3.63, 3.8) is 0 Å². The third-order valence-corrected chi connectivity index (χ3v) is 3.82. The third-order valence-electron chi connectivity index (χ3n) is 3.08. The number of amides is 2. The van der Waals surface area contributed by atoms with Crippen LogP contribution in [0.3, 0.4) is 0 Å². The van der Waals surface area contributed by atoms with Gasteiger partial charge < -0.3 is 10.6 Å². The van der Waals surface area contributed by atoms with Crippen LogP contribution in [0.4, 0.5) is 11.4 Å². The maximum Gasteiger partial charge on any atom is 0.266 e. The minimum absolute atomic E-state index is 0.0793. The van der Waals surface area contributed by atoms with Crippen LogP contribution in [0.15, 0.2) is 48.0 Å². The molecule has 0 aliphatic heterocycles. The highest BCUT2D eigenvalue weighted by molar-refractivity contribution is 6.42. The highest BCUT2D eigenvalue weighted by atomic mass is 35.5. The maximum absolute atomic E-state index is 12.2. The number of carbonyl (C=O) groups excluding carboxylic acids is 2. The average molecular weight is 374 g/mol. The van der Waals surface area contributed by atoms with Crippen LogP contribution >= 0.6 is 23.2 Å². The number of hydrogen-bond donors (Lipinski definition) is 2. The number of benzene rings is 2. The molecule has 0 saturated carbocycles. The number of anilines is 2. The molecule has 0 heterocycles. The van der Waals surface area contributed by atoms with Gasteiger partial charge >= 0.3 is 0 Å². The predicted molar refractivity (Wildman–Crippen MR) is 99.4 cm³/mol. The van der Waals surface area contributed by atoms with Crippen molar-refractivity contribution in [2.75, 3.05) is 10.6 Å². The molecule has 0 bridgehead atoms. The van der Waals surface area contributed by atoms with Gasteiger partial charge in [-0.15, -0.1) is 0 Å². The van der Waals surface area contributed by atoms with Crippen molar-refractivity contribution in [3.05, 3.63) is 63.6 Å².